The predicted octanol–water partition coefficient (Wildman–Crippen LogP) is 3.04. The Hall–Kier alpha value is -1.88. The Balaban J connectivity index is 2.76. The maximum atomic E-state index is 13.3. The van der Waals surface area contributed by atoms with Crippen molar-refractivity contribution in [1.29, 1.82) is 5.26 Å². The van der Waals surface area contributed by atoms with Crippen LogP contribution in [0, 0.1) is 17.1 Å². The smallest absolute Gasteiger partial charge is 0.131 e. The van der Waals surface area contributed by atoms with Crippen molar-refractivity contribution in [2.75, 3.05) is 0 Å². The van der Waals surface area contributed by atoms with Gasteiger partial charge in [0.25, 0.3) is 0 Å². The molecule has 0 bridgehead atoms. The van der Waals surface area contributed by atoms with Crippen molar-refractivity contribution in [2.45, 2.75) is 6.42 Å². The van der Waals surface area contributed by atoms with Crippen LogP contribution >= 0.6 is 0 Å². The Morgan fingerprint density at radius 2 is 1.79 bits per heavy atom. The lowest BCUT2D eigenvalue weighted by Gasteiger charge is -2.03. The summed E-state index contributed by atoms with van der Waals surface area (Å²) in [7, 11) is 0. The Kier molecular flexibility index (Phi) is 2.16. The molecule has 0 spiro atoms. The highest BCUT2D eigenvalue weighted by atomic mass is 19.1. The lowest BCUT2D eigenvalue weighted by molar-refractivity contribution is 0.639. The molecule has 0 atom stereocenters. The monoisotopic (exact) mass is 185 g/mol. The third-order valence-corrected chi connectivity index (χ3v) is 2.23. The van der Waals surface area contributed by atoms with Gasteiger partial charge in [-0.2, -0.15) is 5.26 Å². The van der Waals surface area contributed by atoms with Crippen LogP contribution in [0.2, 0.25) is 0 Å². The van der Waals surface area contributed by atoms with Gasteiger partial charge in [-0.05, 0) is 17.0 Å². The molecule has 0 fully saturated rings. The molecular formula is C12H8FN. The summed E-state index contributed by atoms with van der Waals surface area (Å²) in [6.07, 6.45) is 0.320. The van der Waals surface area contributed by atoms with Crippen LogP contribution < -0.4 is 0 Å². The first-order valence-electron chi connectivity index (χ1n) is 4.36. The molecule has 0 aliphatic heterocycles. The van der Waals surface area contributed by atoms with Crippen LogP contribution in [0.25, 0.3) is 10.8 Å². The Bertz CT molecular complexity index is 511. The van der Waals surface area contributed by atoms with Crippen molar-refractivity contribution in [3.8, 4) is 6.07 Å². The lowest BCUT2D eigenvalue weighted by Crippen LogP contribution is -1.87. The highest BCUT2D eigenvalue weighted by Gasteiger charge is 2.03. The van der Waals surface area contributed by atoms with Crippen LogP contribution in [0.15, 0.2) is 36.4 Å². The summed E-state index contributed by atoms with van der Waals surface area (Å²) in [5.41, 5.74) is 0.879. The second-order valence-electron chi connectivity index (χ2n) is 3.09. The zero-order valence-corrected chi connectivity index (χ0v) is 7.50. The molecule has 0 aliphatic rings. The third kappa shape index (κ3) is 1.33. The normalized spacial score (nSPS) is 10.0. The van der Waals surface area contributed by atoms with Gasteiger partial charge in [0.05, 0.1) is 12.5 Å². The van der Waals surface area contributed by atoms with Gasteiger partial charge in [0.1, 0.15) is 5.82 Å². The summed E-state index contributed by atoms with van der Waals surface area (Å²) in [5, 5.41) is 10.0. The number of hydrogen-bond acceptors (Lipinski definition) is 1. The molecule has 0 aromatic heterocycles. The quantitative estimate of drug-likeness (QED) is 0.669. The first kappa shape index (κ1) is 8.71. The van der Waals surface area contributed by atoms with E-state index in [1.807, 2.05) is 12.1 Å². The fourth-order valence-corrected chi connectivity index (χ4v) is 1.56. The van der Waals surface area contributed by atoms with Crippen molar-refractivity contribution in [2.24, 2.45) is 0 Å². The molecule has 2 aromatic carbocycles. The van der Waals surface area contributed by atoms with Crippen LogP contribution in [-0.2, 0) is 6.42 Å². The fourth-order valence-electron chi connectivity index (χ4n) is 1.56. The third-order valence-electron chi connectivity index (χ3n) is 2.23. The van der Waals surface area contributed by atoms with Crippen LogP contribution in [0.5, 0.6) is 0 Å². The SMILES string of the molecule is N#CCc1ccc(F)c2ccccc12. The molecule has 0 unspecified atom stereocenters. The molecule has 0 aliphatic carbocycles. The number of benzene rings is 2. The van der Waals surface area contributed by atoms with Crippen LogP contribution in [0.3, 0.4) is 0 Å². The topological polar surface area (TPSA) is 23.8 Å². The number of rotatable bonds is 1. The van der Waals surface area contributed by atoms with Gasteiger partial charge in [-0.25, -0.2) is 4.39 Å². The zero-order valence-electron chi connectivity index (χ0n) is 7.50. The summed E-state index contributed by atoms with van der Waals surface area (Å²) >= 11 is 0. The Labute approximate surface area is 81.4 Å². The molecule has 68 valence electrons. The van der Waals surface area contributed by atoms with Crippen LogP contribution in [-0.4, -0.2) is 0 Å². The van der Waals surface area contributed by atoms with E-state index >= 15 is 0 Å². The van der Waals surface area contributed by atoms with Gasteiger partial charge in [-0.15, -0.1) is 0 Å². The molecule has 0 heterocycles. The van der Waals surface area contributed by atoms with Crippen molar-refractivity contribution >= 4 is 10.8 Å². The minimum absolute atomic E-state index is 0.234. The number of fused-ring (bicyclic) bond motifs is 1. The van der Waals surface area contributed by atoms with E-state index < -0.39 is 0 Å². The lowest BCUT2D eigenvalue weighted by atomic mass is 10.0. The second kappa shape index (κ2) is 3.47. The first-order valence-corrected chi connectivity index (χ1v) is 4.36. The summed E-state index contributed by atoms with van der Waals surface area (Å²) in [6.45, 7) is 0. The van der Waals surface area contributed by atoms with E-state index in [1.54, 1.807) is 18.2 Å². The van der Waals surface area contributed by atoms with Gasteiger partial charge in [-0.3, -0.25) is 0 Å². The summed E-state index contributed by atoms with van der Waals surface area (Å²) < 4.78 is 13.3. The maximum Gasteiger partial charge on any atom is 0.131 e. The standard InChI is InChI=1S/C12H8FN/c13-12-6-5-9(7-8-14)10-3-1-2-4-11(10)12/h1-6H,7H2. The first-order chi connectivity index (χ1) is 6.83. The van der Waals surface area contributed by atoms with E-state index in [4.69, 9.17) is 5.26 Å². The van der Waals surface area contributed by atoms with Crippen LogP contribution in [0.4, 0.5) is 4.39 Å². The Morgan fingerprint density at radius 3 is 2.50 bits per heavy atom. The molecule has 2 aromatic rings. The maximum absolute atomic E-state index is 13.3. The molecule has 0 saturated carbocycles. The molecule has 14 heavy (non-hydrogen) atoms. The molecule has 2 heteroatoms. The van der Waals surface area contributed by atoms with Crippen molar-refractivity contribution < 1.29 is 4.39 Å². The number of hydrogen-bond donors (Lipinski definition) is 0. The van der Waals surface area contributed by atoms with E-state index in [9.17, 15) is 4.39 Å². The van der Waals surface area contributed by atoms with Crippen molar-refractivity contribution in [3.05, 3.63) is 47.8 Å². The predicted molar refractivity (Wildman–Crippen MR) is 53.2 cm³/mol. The minimum Gasteiger partial charge on any atom is -0.206 e. The number of halogens is 1. The van der Waals surface area contributed by atoms with E-state index in [-0.39, 0.29) is 5.82 Å². The average Bonchev–Trinajstić information content (AvgIpc) is 2.23. The summed E-state index contributed by atoms with van der Waals surface area (Å²) in [5.74, 6) is -0.234. The minimum atomic E-state index is -0.234. The molecule has 1 nitrogen and oxygen atoms in total. The Morgan fingerprint density at radius 1 is 1.07 bits per heavy atom. The van der Waals surface area contributed by atoms with E-state index in [0.29, 0.717) is 11.8 Å². The largest absolute Gasteiger partial charge is 0.206 e. The van der Waals surface area contributed by atoms with Gasteiger partial charge in [0, 0.05) is 5.39 Å². The molecule has 0 amide bonds. The van der Waals surface area contributed by atoms with Gasteiger partial charge in [-0.1, -0.05) is 30.3 Å². The van der Waals surface area contributed by atoms with Crippen molar-refractivity contribution in [3.63, 3.8) is 0 Å². The summed E-state index contributed by atoms with van der Waals surface area (Å²) in [6, 6.07) is 12.4. The van der Waals surface area contributed by atoms with E-state index in [0.717, 1.165) is 10.9 Å². The van der Waals surface area contributed by atoms with E-state index in [1.165, 1.54) is 6.07 Å². The molecule has 0 saturated heterocycles. The highest BCUT2D eigenvalue weighted by Crippen LogP contribution is 2.21. The van der Waals surface area contributed by atoms with Gasteiger partial charge >= 0.3 is 0 Å². The van der Waals surface area contributed by atoms with Crippen LogP contribution in [0.1, 0.15) is 5.56 Å². The summed E-state index contributed by atoms with van der Waals surface area (Å²) in [4.78, 5) is 0. The molecule has 0 N–H and O–H groups in total. The molecule has 0 radical (unpaired) electrons. The van der Waals surface area contributed by atoms with Gasteiger partial charge in [0.15, 0.2) is 0 Å². The number of nitrogens with zero attached hydrogens (tertiary/aromatic N) is 1. The van der Waals surface area contributed by atoms with Gasteiger partial charge in [0.2, 0.25) is 0 Å². The number of nitriles is 1. The molecule has 2 rings (SSSR count). The van der Waals surface area contributed by atoms with E-state index in [2.05, 4.69) is 6.07 Å². The highest BCUT2D eigenvalue weighted by molar-refractivity contribution is 5.86. The fraction of sp³-hybridized carbons (Fsp3) is 0.0833. The van der Waals surface area contributed by atoms with Gasteiger partial charge < -0.3 is 0 Å². The second-order valence-corrected chi connectivity index (χ2v) is 3.09. The average molecular weight is 185 g/mol. The van der Waals surface area contributed by atoms with Crippen molar-refractivity contribution in [1.82, 2.24) is 0 Å². The zero-order chi connectivity index (χ0) is 9.97. The molecular weight excluding hydrogens is 177 g/mol.